The van der Waals surface area contributed by atoms with Gasteiger partial charge in [-0.25, -0.2) is 0 Å². The van der Waals surface area contributed by atoms with Crippen molar-refractivity contribution < 1.29 is 14.3 Å². The SMILES string of the molecule is O[C@H](COc1cccc2occc12)CN1C2CCC1CC(c1cc3cccc(Cl)c3s1)C2. The van der Waals surface area contributed by atoms with Gasteiger partial charge in [-0.3, -0.25) is 4.90 Å². The molecule has 0 spiro atoms. The van der Waals surface area contributed by atoms with Gasteiger partial charge in [-0.15, -0.1) is 11.3 Å². The van der Waals surface area contributed by atoms with E-state index in [0.717, 1.165) is 34.6 Å². The van der Waals surface area contributed by atoms with Gasteiger partial charge < -0.3 is 14.3 Å². The van der Waals surface area contributed by atoms with Gasteiger partial charge in [-0.05, 0) is 67.3 Å². The molecule has 2 bridgehead atoms. The number of aliphatic hydroxyl groups is 1. The molecule has 0 saturated carbocycles. The van der Waals surface area contributed by atoms with Crippen LogP contribution in [0.25, 0.3) is 21.1 Å². The number of hydrogen-bond acceptors (Lipinski definition) is 5. The summed E-state index contributed by atoms with van der Waals surface area (Å²) in [5.41, 5.74) is 0.805. The van der Waals surface area contributed by atoms with E-state index in [0.29, 0.717) is 31.2 Å². The number of ether oxygens (including phenoxy) is 1. The van der Waals surface area contributed by atoms with Crippen LogP contribution < -0.4 is 4.74 Å². The highest BCUT2D eigenvalue weighted by atomic mass is 35.5. The molecule has 32 heavy (non-hydrogen) atoms. The molecule has 0 amide bonds. The summed E-state index contributed by atoms with van der Waals surface area (Å²) in [6.07, 6.45) is 5.90. The molecule has 1 N–H and O–H groups in total. The number of fused-ring (bicyclic) bond motifs is 4. The van der Waals surface area contributed by atoms with Crippen LogP contribution in [-0.4, -0.2) is 41.3 Å². The third-order valence-corrected chi connectivity index (χ3v) is 8.88. The Morgan fingerprint density at radius 3 is 2.75 bits per heavy atom. The fourth-order valence-corrected chi connectivity index (χ4v) is 7.12. The normalized spacial score (nSPS) is 24.4. The topological polar surface area (TPSA) is 45.8 Å². The standard InChI is InChI=1S/C26H26ClNO3S/c27-22-4-1-3-16-13-25(32-26(16)22)17-11-18-7-8-19(12-17)28(18)14-20(29)15-31-24-6-2-5-23-21(24)9-10-30-23/h1-6,9-10,13,17-20,29H,7-8,11-12,14-15H2/t17?,18?,19?,20-/m0/s1. The molecule has 4 heterocycles. The maximum absolute atomic E-state index is 10.8. The van der Waals surface area contributed by atoms with Gasteiger partial charge in [-0.1, -0.05) is 29.8 Å². The lowest BCUT2D eigenvalue weighted by atomic mass is 9.89. The monoisotopic (exact) mass is 467 g/mol. The first-order valence-corrected chi connectivity index (χ1v) is 12.6. The Morgan fingerprint density at radius 1 is 1.12 bits per heavy atom. The van der Waals surface area contributed by atoms with Crippen LogP contribution in [0.4, 0.5) is 0 Å². The van der Waals surface area contributed by atoms with Gasteiger partial charge in [0, 0.05) is 23.5 Å². The van der Waals surface area contributed by atoms with E-state index in [2.05, 4.69) is 17.0 Å². The molecule has 2 aromatic heterocycles. The van der Waals surface area contributed by atoms with E-state index in [4.69, 9.17) is 20.8 Å². The van der Waals surface area contributed by atoms with Crippen molar-refractivity contribution in [3.05, 3.63) is 64.7 Å². The molecule has 4 nitrogen and oxygen atoms in total. The number of piperidine rings is 1. The highest BCUT2D eigenvalue weighted by molar-refractivity contribution is 7.19. The van der Waals surface area contributed by atoms with E-state index in [-0.39, 0.29) is 0 Å². The Labute approximate surface area is 196 Å². The minimum atomic E-state index is -0.514. The average Bonchev–Trinajstić information content (AvgIpc) is 3.49. The van der Waals surface area contributed by atoms with Crippen LogP contribution in [0.3, 0.4) is 0 Å². The lowest BCUT2D eigenvalue weighted by Gasteiger charge is -2.39. The third kappa shape index (κ3) is 3.71. The highest BCUT2D eigenvalue weighted by Gasteiger charge is 2.42. The van der Waals surface area contributed by atoms with E-state index in [1.807, 2.05) is 47.7 Å². The molecule has 2 aliphatic heterocycles. The van der Waals surface area contributed by atoms with Crippen molar-refractivity contribution in [2.24, 2.45) is 0 Å². The Morgan fingerprint density at radius 2 is 1.94 bits per heavy atom. The summed E-state index contributed by atoms with van der Waals surface area (Å²) in [5.74, 6) is 1.35. The zero-order valence-corrected chi connectivity index (χ0v) is 19.3. The summed E-state index contributed by atoms with van der Waals surface area (Å²) in [7, 11) is 0. The second-order valence-electron chi connectivity index (χ2n) is 9.11. The van der Waals surface area contributed by atoms with E-state index in [1.54, 1.807) is 6.26 Å². The van der Waals surface area contributed by atoms with Gasteiger partial charge in [0.1, 0.15) is 24.0 Å². The number of benzene rings is 2. The molecular weight excluding hydrogens is 442 g/mol. The quantitative estimate of drug-likeness (QED) is 0.354. The second kappa shape index (κ2) is 8.38. The number of hydrogen-bond donors (Lipinski definition) is 1. The zero-order chi connectivity index (χ0) is 21.7. The van der Waals surface area contributed by atoms with Crippen molar-refractivity contribution in [3.63, 3.8) is 0 Å². The number of thiophene rings is 1. The van der Waals surface area contributed by atoms with Gasteiger partial charge in [0.05, 0.1) is 21.4 Å². The number of furan rings is 1. The minimum Gasteiger partial charge on any atom is -0.490 e. The van der Waals surface area contributed by atoms with Crippen molar-refractivity contribution in [2.45, 2.75) is 49.8 Å². The molecule has 4 aromatic rings. The molecular formula is C26H26ClNO3S. The lowest BCUT2D eigenvalue weighted by Crippen LogP contribution is -2.47. The molecule has 2 saturated heterocycles. The number of nitrogens with zero attached hydrogens (tertiary/aromatic N) is 1. The Balaban J connectivity index is 1.10. The number of halogens is 1. The van der Waals surface area contributed by atoms with Crippen LogP contribution in [0, 0.1) is 0 Å². The van der Waals surface area contributed by atoms with Crippen molar-refractivity contribution in [2.75, 3.05) is 13.2 Å². The molecule has 2 fully saturated rings. The smallest absolute Gasteiger partial charge is 0.137 e. The molecule has 166 valence electrons. The van der Waals surface area contributed by atoms with Crippen LogP contribution >= 0.6 is 22.9 Å². The van der Waals surface area contributed by atoms with Crippen LogP contribution in [0.1, 0.15) is 36.5 Å². The van der Waals surface area contributed by atoms with E-state index in [1.165, 1.54) is 27.8 Å². The second-order valence-corrected chi connectivity index (χ2v) is 10.6. The van der Waals surface area contributed by atoms with Gasteiger partial charge in [0.15, 0.2) is 0 Å². The molecule has 2 aromatic carbocycles. The summed E-state index contributed by atoms with van der Waals surface area (Å²) in [6, 6.07) is 17.2. The van der Waals surface area contributed by atoms with Gasteiger partial charge >= 0.3 is 0 Å². The maximum Gasteiger partial charge on any atom is 0.137 e. The van der Waals surface area contributed by atoms with E-state index >= 15 is 0 Å². The highest BCUT2D eigenvalue weighted by Crippen LogP contribution is 2.46. The Kier molecular flexibility index (Phi) is 5.38. The molecule has 6 rings (SSSR count). The molecule has 2 aliphatic rings. The van der Waals surface area contributed by atoms with Crippen molar-refractivity contribution in [1.29, 1.82) is 0 Å². The van der Waals surface area contributed by atoms with E-state index < -0.39 is 6.10 Å². The van der Waals surface area contributed by atoms with Crippen LogP contribution in [0.5, 0.6) is 5.75 Å². The fourth-order valence-electron chi connectivity index (χ4n) is 5.63. The molecule has 6 heteroatoms. The molecule has 2 unspecified atom stereocenters. The first-order valence-electron chi connectivity index (χ1n) is 11.4. The first-order chi connectivity index (χ1) is 15.7. The average molecular weight is 468 g/mol. The van der Waals surface area contributed by atoms with Crippen LogP contribution in [-0.2, 0) is 0 Å². The summed E-state index contributed by atoms with van der Waals surface area (Å²) in [6.45, 7) is 0.958. The predicted octanol–water partition coefficient (Wildman–Crippen LogP) is 6.45. The molecule has 0 radical (unpaired) electrons. The number of rotatable bonds is 6. The Hall–Kier alpha value is -2.05. The summed E-state index contributed by atoms with van der Waals surface area (Å²) >= 11 is 8.27. The van der Waals surface area contributed by atoms with Crippen LogP contribution in [0.2, 0.25) is 5.02 Å². The van der Waals surface area contributed by atoms with Crippen molar-refractivity contribution in [1.82, 2.24) is 4.90 Å². The minimum absolute atomic E-state index is 0.290. The lowest BCUT2D eigenvalue weighted by molar-refractivity contribution is 0.0323. The predicted molar refractivity (Wildman–Crippen MR) is 130 cm³/mol. The number of aliphatic hydroxyl groups excluding tert-OH is 1. The molecule has 0 aliphatic carbocycles. The zero-order valence-electron chi connectivity index (χ0n) is 17.7. The van der Waals surface area contributed by atoms with E-state index in [9.17, 15) is 5.11 Å². The molecule has 3 atom stereocenters. The maximum atomic E-state index is 10.8. The van der Waals surface area contributed by atoms with Crippen LogP contribution in [0.15, 0.2) is 59.2 Å². The third-order valence-electron chi connectivity index (χ3n) is 7.11. The first kappa shape index (κ1) is 20.5. The van der Waals surface area contributed by atoms with Gasteiger partial charge in [0.2, 0.25) is 0 Å². The van der Waals surface area contributed by atoms with Gasteiger partial charge in [0.25, 0.3) is 0 Å². The van der Waals surface area contributed by atoms with Gasteiger partial charge in [-0.2, -0.15) is 0 Å². The fraction of sp³-hybridized carbons (Fsp3) is 0.385. The summed E-state index contributed by atoms with van der Waals surface area (Å²) in [5, 5.41) is 13.8. The van der Waals surface area contributed by atoms with Crippen molar-refractivity contribution in [3.8, 4) is 5.75 Å². The summed E-state index contributed by atoms with van der Waals surface area (Å²) < 4.78 is 12.6. The Bertz CT molecular complexity index is 1240. The largest absolute Gasteiger partial charge is 0.490 e. The van der Waals surface area contributed by atoms with Crippen molar-refractivity contribution >= 4 is 44.0 Å². The summed E-state index contributed by atoms with van der Waals surface area (Å²) in [4.78, 5) is 3.99.